The second kappa shape index (κ2) is 6.76. The first-order valence-corrected chi connectivity index (χ1v) is 7.95. The van der Waals surface area contributed by atoms with Crippen molar-refractivity contribution in [3.05, 3.63) is 62.6 Å². The lowest BCUT2D eigenvalue weighted by molar-refractivity contribution is -0.121. The van der Waals surface area contributed by atoms with E-state index in [1.165, 1.54) is 0 Å². The van der Waals surface area contributed by atoms with Crippen LogP contribution in [-0.4, -0.2) is 31.8 Å². The highest BCUT2D eigenvalue weighted by atomic mass is 16.2. The van der Waals surface area contributed by atoms with E-state index in [0.29, 0.717) is 24.0 Å². The first-order valence-electron chi connectivity index (χ1n) is 7.95. The fourth-order valence-electron chi connectivity index (χ4n) is 2.74. The maximum absolute atomic E-state index is 12.4. The lowest BCUT2D eigenvalue weighted by Crippen LogP contribution is -2.41. The van der Waals surface area contributed by atoms with E-state index in [1.54, 1.807) is 28.9 Å². The number of carbonyl (C=O) groups is 1. The highest BCUT2D eigenvalue weighted by molar-refractivity contribution is 5.78. The Balaban J connectivity index is 1.69. The maximum atomic E-state index is 12.4. The van der Waals surface area contributed by atoms with Crippen LogP contribution < -0.4 is 16.6 Å². The Morgan fingerprint density at radius 3 is 2.72 bits per heavy atom. The molecule has 25 heavy (non-hydrogen) atoms. The molecule has 2 N–H and O–H groups in total. The molecule has 2 aromatic heterocycles. The fourth-order valence-corrected chi connectivity index (χ4v) is 2.74. The molecule has 0 saturated heterocycles. The van der Waals surface area contributed by atoms with Gasteiger partial charge in [0.2, 0.25) is 5.91 Å². The SMILES string of the molecule is Cc1cc(C)n(CCNC(=O)Cn2c(=O)[nH]c3ccccc3c2=O)n1. The molecule has 8 heteroatoms. The van der Waals surface area contributed by atoms with Gasteiger partial charge >= 0.3 is 5.69 Å². The maximum Gasteiger partial charge on any atom is 0.329 e. The molecule has 2 heterocycles. The van der Waals surface area contributed by atoms with Gasteiger partial charge in [-0.25, -0.2) is 4.79 Å². The number of nitrogens with one attached hydrogen (secondary N) is 2. The van der Waals surface area contributed by atoms with Crippen molar-refractivity contribution in [2.45, 2.75) is 26.9 Å². The predicted molar refractivity (Wildman–Crippen MR) is 93.5 cm³/mol. The first kappa shape index (κ1) is 16.7. The third-order valence-electron chi connectivity index (χ3n) is 3.94. The minimum Gasteiger partial charge on any atom is -0.353 e. The summed E-state index contributed by atoms with van der Waals surface area (Å²) in [5.41, 5.74) is 1.30. The smallest absolute Gasteiger partial charge is 0.329 e. The number of nitrogens with zero attached hydrogens (tertiary/aromatic N) is 3. The van der Waals surface area contributed by atoms with Crippen LogP contribution in [0, 0.1) is 13.8 Å². The Morgan fingerprint density at radius 1 is 1.24 bits per heavy atom. The van der Waals surface area contributed by atoms with Crippen LogP contribution in [0.1, 0.15) is 11.4 Å². The van der Waals surface area contributed by atoms with Crippen molar-refractivity contribution in [3.63, 3.8) is 0 Å². The van der Waals surface area contributed by atoms with E-state index in [0.717, 1.165) is 16.0 Å². The van der Waals surface area contributed by atoms with Gasteiger partial charge in [-0.15, -0.1) is 0 Å². The van der Waals surface area contributed by atoms with Gasteiger partial charge in [0.05, 0.1) is 23.1 Å². The molecule has 0 aliphatic rings. The largest absolute Gasteiger partial charge is 0.353 e. The quantitative estimate of drug-likeness (QED) is 0.698. The average molecular weight is 341 g/mol. The molecule has 0 saturated carbocycles. The molecular weight excluding hydrogens is 322 g/mol. The van der Waals surface area contributed by atoms with E-state index in [4.69, 9.17) is 0 Å². The average Bonchev–Trinajstić information content (AvgIpc) is 2.89. The molecule has 0 spiro atoms. The Labute approximate surface area is 143 Å². The number of aromatic nitrogens is 4. The van der Waals surface area contributed by atoms with Gasteiger partial charge in [-0.3, -0.25) is 18.8 Å². The van der Waals surface area contributed by atoms with Crippen LogP contribution in [0.3, 0.4) is 0 Å². The summed E-state index contributed by atoms with van der Waals surface area (Å²) in [6, 6.07) is 8.66. The summed E-state index contributed by atoms with van der Waals surface area (Å²) in [6.45, 7) is 4.40. The summed E-state index contributed by atoms with van der Waals surface area (Å²) in [5.74, 6) is -0.399. The van der Waals surface area contributed by atoms with Gasteiger partial charge in [-0.1, -0.05) is 12.1 Å². The summed E-state index contributed by atoms with van der Waals surface area (Å²) in [4.78, 5) is 39.1. The second-order valence-electron chi connectivity index (χ2n) is 5.87. The van der Waals surface area contributed by atoms with E-state index >= 15 is 0 Å². The highest BCUT2D eigenvalue weighted by Crippen LogP contribution is 2.03. The minimum absolute atomic E-state index is 0.323. The summed E-state index contributed by atoms with van der Waals surface area (Å²) >= 11 is 0. The second-order valence-corrected chi connectivity index (χ2v) is 5.87. The number of H-pyrrole nitrogens is 1. The van der Waals surface area contributed by atoms with Gasteiger partial charge in [-0.05, 0) is 32.0 Å². The Hall–Kier alpha value is -3.16. The normalized spacial score (nSPS) is 11.0. The third-order valence-corrected chi connectivity index (χ3v) is 3.94. The van der Waals surface area contributed by atoms with Crippen LogP contribution >= 0.6 is 0 Å². The van der Waals surface area contributed by atoms with Crippen molar-refractivity contribution in [1.29, 1.82) is 0 Å². The van der Waals surface area contributed by atoms with E-state index in [2.05, 4.69) is 15.4 Å². The molecule has 0 unspecified atom stereocenters. The number of hydrogen-bond acceptors (Lipinski definition) is 4. The van der Waals surface area contributed by atoms with Gasteiger partial charge in [0, 0.05) is 12.2 Å². The molecule has 8 nitrogen and oxygen atoms in total. The Kier molecular flexibility index (Phi) is 4.51. The molecule has 0 fully saturated rings. The molecule has 1 aromatic carbocycles. The molecular formula is C17H19N5O3. The summed E-state index contributed by atoms with van der Waals surface area (Å²) in [6.07, 6.45) is 0. The number of rotatable bonds is 5. The van der Waals surface area contributed by atoms with Crippen LogP contribution in [0.2, 0.25) is 0 Å². The molecule has 3 rings (SSSR count). The van der Waals surface area contributed by atoms with E-state index in [1.807, 2.05) is 19.9 Å². The minimum atomic E-state index is -0.600. The van der Waals surface area contributed by atoms with E-state index in [9.17, 15) is 14.4 Å². The Morgan fingerprint density at radius 2 is 2.00 bits per heavy atom. The summed E-state index contributed by atoms with van der Waals surface area (Å²) in [7, 11) is 0. The van der Waals surface area contributed by atoms with Crippen molar-refractivity contribution < 1.29 is 4.79 Å². The summed E-state index contributed by atoms with van der Waals surface area (Å²) in [5, 5.41) is 7.39. The molecule has 0 atom stereocenters. The lowest BCUT2D eigenvalue weighted by atomic mass is 10.2. The fraction of sp³-hybridized carbons (Fsp3) is 0.294. The number of benzene rings is 1. The topological polar surface area (TPSA) is 102 Å². The first-order chi connectivity index (χ1) is 12.0. The zero-order valence-corrected chi connectivity index (χ0v) is 14.1. The molecule has 0 radical (unpaired) electrons. The van der Waals surface area contributed by atoms with E-state index in [-0.39, 0.29) is 6.54 Å². The molecule has 0 aliphatic carbocycles. The predicted octanol–water partition coefficient (Wildman–Crippen LogP) is 0.320. The summed E-state index contributed by atoms with van der Waals surface area (Å²) < 4.78 is 2.70. The van der Waals surface area contributed by atoms with Crippen molar-refractivity contribution in [3.8, 4) is 0 Å². The molecule has 0 aliphatic heterocycles. The zero-order valence-electron chi connectivity index (χ0n) is 14.1. The van der Waals surface area contributed by atoms with Gasteiger partial charge in [0.25, 0.3) is 5.56 Å². The number of aromatic amines is 1. The van der Waals surface area contributed by atoms with Crippen molar-refractivity contribution >= 4 is 16.8 Å². The third kappa shape index (κ3) is 3.52. The van der Waals surface area contributed by atoms with Crippen LogP contribution in [0.5, 0.6) is 0 Å². The Bertz CT molecular complexity index is 1040. The molecule has 3 aromatic rings. The van der Waals surface area contributed by atoms with Gasteiger partial charge in [0.1, 0.15) is 6.54 Å². The number of para-hydroxylation sites is 1. The van der Waals surface area contributed by atoms with Gasteiger partial charge < -0.3 is 10.3 Å². The van der Waals surface area contributed by atoms with Crippen LogP contribution in [0.25, 0.3) is 10.9 Å². The lowest BCUT2D eigenvalue weighted by Gasteiger charge is -2.08. The van der Waals surface area contributed by atoms with Crippen LogP contribution in [-0.2, 0) is 17.9 Å². The molecule has 0 bridgehead atoms. The van der Waals surface area contributed by atoms with Crippen LogP contribution in [0.15, 0.2) is 39.9 Å². The standard InChI is InChI=1S/C17H19N5O3/c1-11-9-12(2)22(20-11)8-7-18-15(23)10-21-16(24)13-5-3-4-6-14(13)19-17(21)25/h3-6,9H,7-8,10H2,1-2H3,(H,18,23)(H,19,25). The molecule has 1 amide bonds. The van der Waals surface area contributed by atoms with Crippen molar-refractivity contribution in [2.24, 2.45) is 0 Å². The highest BCUT2D eigenvalue weighted by Gasteiger charge is 2.11. The monoisotopic (exact) mass is 341 g/mol. The number of hydrogen-bond donors (Lipinski definition) is 2. The van der Waals surface area contributed by atoms with Crippen molar-refractivity contribution in [2.75, 3.05) is 6.54 Å². The number of carbonyl (C=O) groups excluding carboxylic acids is 1. The molecule has 130 valence electrons. The number of amides is 1. The number of fused-ring (bicyclic) bond motifs is 1. The number of aryl methyl sites for hydroxylation is 2. The van der Waals surface area contributed by atoms with Gasteiger partial charge in [0.15, 0.2) is 0 Å². The van der Waals surface area contributed by atoms with E-state index < -0.39 is 17.2 Å². The zero-order chi connectivity index (χ0) is 18.0. The van der Waals surface area contributed by atoms with Crippen LogP contribution in [0.4, 0.5) is 0 Å². The van der Waals surface area contributed by atoms with Crippen molar-refractivity contribution in [1.82, 2.24) is 24.6 Å². The van der Waals surface area contributed by atoms with Gasteiger partial charge in [-0.2, -0.15) is 5.10 Å².